The minimum atomic E-state index is -2.18. The molecule has 4 heteroatoms. The summed E-state index contributed by atoms with van der Waals surface area (Å²) in [6, 6.07) is 49.5. The molecule has 0 amide bonds. The molecule has 5 aromatic rings. The quantitative estimate of drug-likeness (QED) is 0.164. The van der Waals surface area contributed by atoms with Gasteiger partial charge >= 0.3 is 0 Å². The molecule has 0 saturated carbocycles. The largest absolute Gasteiger partial charge is 0.497 e. The molecule has 0 bridgehead atoms. The fourth-order valence-electron chi connectivity index (χ4n) is 5.19. The lowest BCUT2D eigenvalue weighted by molar-refractivity contribution is 0.414. The van der Waals surface area contributed by atoms with Crippen molar-refractivity contribution in [1.82, 2.24) is 0 Å². The van der Waals surface area contributed by atoms with E-state index in [2.05, 4.69) is 115 Å². The first-order valence-corrected chi connectivity index (χ1v) is 15.1. The highest BCUT2D eigenvalue weighted by Crippen LogP contribution is 2.61. The summed E-state index contributed by atoms with van der Waals surface area (Å²) >= 11 is 5.62. The smallest absolute Gasteiger partial charge is 0.118 e. The molecule has 0 unspecified atom stereocenters. The van der Waals surface area contributed by atoms with E-state index in [4.69, 9.17) is 22.1 Å². The molecule has 0 spiro atoms. The molecule has 5 rings (SSSR count). The number of ether oxygens (including phenoxy) is 2. The molecule has 38 heavy (non-hydrogen) atoms. The van der Waals surface area contributed by atoms with Gasteiger partial charge in [0.25, 0.3) is 0 Å². The maximum Gasteiger partial charge on any atom is 0.118 e. The third-order valence-corrected chi connectivity index (χ3v) is 12.6. The normalized spacial score (nSPS) is 11.7. The van der Waals surface area contributed by atoms with Gasteiger partial charge in [-0.1, -0.05) is 78.9 Å². The first-order valence-electron chi connectivity index (χ1n) is 12.7. The molecular formula is C34H32O2PS+. The summed E-state index contributed by atoms with van der Waals surface area (Å²) in [5, 5.41) is 3.99. The topological polar surface area (TPSA) is 18.5 Å². The Morgan fingerprint density at radius 2 is 0.816 bits per heavy atom. The van der Waals surface area contributed by atoms with Gasteiger partial charge in [0.15, 0.2) is 0 Å². The van der Waals surface area contributed by atoms with Crippen molar-refractivity contribution in [2.24, 2.45) is 0 Å². The molecule has 0 atom stereocenters. The van der Waals surface area contributed by atoms with Crippen molar-refractivity contribution < 1.29 is 9.47 Å². The highest BCUT2D eigenvalue weighted by molar-refractivity contribution is 7.96. The zero-order valence-corrected chi connectivity index (χ0v) is 23.5. The molecular weight excluding hydrogens is 503 g/mol. The van der Waals surface area contributed by atoms with Crippen molar-refractivity contribution in [2.75, 3.05) is 20.4 Å². The monoisotopic (exact) mass is 535 g/mol. The van der Waals surface area contributed by atoms with Crippen LogP contribution < -0.4 is 25.4 Å². The molecule has 0 fully saturated rings. The van der Waals surface area contributed by atoms with Crippen molar-refractivity contribution >= 4 is 35.8 Å². The van der Waals surface area contributed by atoms with E-state index in [1.165, 1.54) is 15.9 Å². The SMILES string of the molecule is COc1ccc(C(S)(C[P+](c2ccccc2)(c2ccccc2)c2ccccc2)c2ccc(OC)cc2)cc1. The average Bonchev–Trinajstić information content (AvgIpc) is 3.01. The van der Waals surface area contributed by atoms with Crippen LogP contribution in [0.4, 0.5) is 0 Å². The van der Waals surface area contributed by atoms with Gasteiger partial charge in [-0.15, -0.1) is 0 Å². The van der Waals surface area contributed by atoms with Gasteiger partial charge < -0.3 is 9.47 Å². The predicted molar refractivity (Wildman–Crippen MR) is 166 cm³/mol. The lowest BCUT2D eigenvalue weighted by Gasteiger charge is -2.37. The van der Waals surface area contributed by atoms with Crippen molar-refractivity contribution in [1.29, 1.82) is 0 Å². The second kappa shape index (κ2) is 11.5. The second-order valence-corrected chi connectivity index (χ2v) is 13.5. The Morgan fingerprint density at radius 1 is 0.500 bits per heavy atom. The summed E-state index contributed by atoms with van der Waals surface area (Å²) in [4.78, 5) is 0. The van der Waals surface area contributed by atoms with Crippen LogP contribution in [0.15, 0.2) is 140 Å². The molecule has 0 aliphatic heterocycles. The molecule has 190 valence electrons. The van der Waals surface area contributed by atoms with Gasteiger partial charge in [-0.25, -0.2) is 0 Å². The number of rotatable bonds is 9. The van der Waals surface area contributed by atoms with Gasteiger partial charge in [0.2, 0.25) is 0 Å². The number of benzene rings is 5. The van der Waals surface area contributed by atoms with Gasteiger partial charge in [0.05, 0.1) is 25.1 Å². The molecule has 0 N–H and O–H groups in total. The second-order valence-electron chi connectivity index (χ2n) is 9.29. The van der Waals surface area contributed by atoms with E-state index in [0.717, 1.165) is 28.8 Å². The average molecular weight is 536 g/mol. The molecule has 5 aromatic carbocycles. The highest BCUT2D eigenvalue weighted by atomic mass is 32.1. The number of thiol groups is 1. The lowest BCUT2D eigenvalue weighted by Crippen LogP contribution is -2.40. The molecule has 0 aliphatic carbocycles. The van der Waals surface area contributed by atoms with Crippen LogP contribution in [0.2, 0.25) is 0 Å². The minimum Gasteiger partial charge on any atom is -0.497 e. The Balaban J connectivity index is 1.81. The van der Waals surface area contributed by atoms with Gasteiger partial charge in [0.1, 0.15) is 34.7 Å². The third kappa shape index (κ3) is 4.97. The van der Waals surface area contributed by atoms with Crippen LogP contribution >= 0.6 is 19.9 Å². The summed E-state index contributed by atoms with van der Waals surface area (Å²) in [7, 11) is 1.21. The molecule has 2 nitrogen and oxygen atoms in total. The van der Waals surface area contributed by atoms with Crippen LogP contribution in [0.1, 0.15) is 11.1 Å². The van der Waals surface area contributed by atoms with Crippen molar-refractivity contribution in [3.05, 3.63) is 151 Å². The third-order valence-electron chi connectivity index (χ3n) is 7.19. The Hall–Kier alpha value is -3.52. The van der Waals surface area contributed by atoms with E-state index >= 15 is 0 Å². The van der Waals surface area contributed by atoms with Crippen LogP contribution in [0.5, 0.6) is 11.5 Å². The predicted octanol–water partition coefficient (Wildman–Crippen LogP) is 6.87. The molecule has 0 heterocycles. The summed E-state index contributed by atoms with van der Waals surface area (Å²) in [5.74, 6) is 1.66. The number of methoxy groups -OCH3 is 2. The van der Waals surface area contributed by atoms with Gasteiger partial charge in [-0.05, 0) is 71.8 Å². The van der Waals surface area contributed by atoms with Crippen molar-refractivity contribution in [2.45, 2.75) is 4.75 Å². The summed E-state index contributed by atoms with van der Waals surface area (Å²) in [6.07, 6.45) is 0.791. The Bertz CT molecular complexity index is 1290. The van der Waals surface area contributed by atoms with E-state index in [1.807, 2.05) is 24.3 Å². The molecule has 0 radical (unpaired) electrons. The Kier molecular flexibility index (Phi) is 7.88. The van der Waals surface area contributed by atoms with E-state index in [9.17, 15) is 0 Å². The first kappa shape index (κ1) is 26.1. The Labute approximate surface area is 232 Å². The lowest BCUT2D eigenvalue weighted by atomic mass is 9.91. The van der Waals surface area contributed by atoms with Gasteiger partial charge in [-0.2, -0.15) is 12.6 Å². The fourth-order valence-corrected chi connectivity index (χ4v) is 10.7. The summed E-state index contributed by atoms with van der Waals surface area (Å²) in [5.41, 5.74) is 2.25. The number of hydrogen-bond acceptors (Lipinski definition) is 3. The van der Waals surface area contributed by atoms with E-state index in [-0.39, 0.29) is 0 Å². The van der Waals surface area contributed by atoms with Crippen LogP contribution in [0.25, 0.3) is 0 Å². The first-order chi connectivity index (χ1) is 18.6. The zero-order chi connectivity index (χ0) is 26.4. The van der Waals surface area contributed by atoms with Crippen LogP contribution in [-0.4, -0.2) is 20.4 Å². The fraction of sp³-hybridized carbons (Fsp3) is 0.118. The van der Waals surface area contributed by atoms with Crippen LogP contribution in [0, 0.1) is 0 Å². The maximum atomic E-state index is 5.62. The van der Waals surface area contributed by atoms with Crippen molar-refractivity contribution in [3.63, 3.8) is 0 Å². The van der Waals surface area contributed by atoms with Crippen molar-refractivity contribution in [3.8, 4) is 11.5 Å². The van der Waals surface area contributed by atoms with Crippen LogP contribution in [-0.2, 0) is 4.75 Å². The molecule has 0 aromatic heterocycles. The van der Waals surface area contributed by atoms with Gasteiger partial charge in [-0.3, -0.25) is 0 Å². The van der Waals surface area contributed by atoms with Crippen LogP contribution in [0.3, 0.4) is 0 Å². The summed E-state index contributed by atoms with van der Waals surface area (Å²) < 4.78 is 10.4. The highest BCUT2D eigenvalue weighted by Gasteiger charge is 2.52. The summed E-state index contributed by atoms with van der Waals surface area (Å²) in [6.45, 7) is 0. The molecule has 0 aliphatic rings. The van der Waals surface area contributed by atoms with E-state index in [1.54, 1.807) is 14.2 Å². The zero-order valence-electron chi connectivity index (χ0n) is 21.7. The number of hydrogen-bond donors (Lipinski definition) is 1. The Morgan fingerprint density at radius 3 is 1.11 bits per heavy atom. The standard InChI is InChI=1S/C34H31O2PS/c1-35-29-22-18-27(19-23-29)34(38,28-20-24-30(36-2)25-21-28)26-37(31-12-6-3-7-13-31,32-14-8-4-9-15-32)33-16-10-5-11-17-33/h3-25H,26H2,1-2H3/p+1. The van der Waals surface area contributed by atoms with Gasteiger partial charge in [0, 0.05) is 0 Å². The van der Waals surface area contributed by atoms with E-state index in [0.29, 0.717) is 0 Å². The van der Waals surface area contributed by atoms with E-state index < -0.39 is 12.0 Å². The molecule has 0 saturated heterocycles. The minimum absolute atomic E-state index is 0.603. The maximum absolute atomic E-state index is 5.62.